The molecule has 1 atom stereocenters. The molecule has 0 spiro atoms. The van der Waals surface area contributed by atoms with Crippen LogP contribution in [-0.4, -0.2) is 39.4 Å². The standard InChI is InChI=1S/C31H31N3O5S/c1-21(28(37)38-30(2,3)4)39-34-26(27(35)36)25-20-40-29(32-25)33-31(22-14-8-5-9-15-22,23-16-10-6-11-17-23)24-18-12-7-13-19-24/h5-21H,1-4H3,(H,32,33)(H,35,36)/b34-26+. The van der Waals surface area contributed by atoms with Crippen molar-refractivity contribution in [1.82, 2.24) is 4.98 Å². The molecule has 1 aromatic heterocycles. The Bertz CT molecular complexity index is 1370. The first-order valence-corrected chi connectivity index (χ1v) is 13.6. The Morgan fingerprint density at radius 2 is 1.35 bits per heavy atom. The second-order valence-corrected chi connectivity index (χ2v) is 10.9. The summed E-state index contributed by atoms with van der Waals surface area (Å²) in [5.41, 5.74) is 1.05. The smallest absolute Gasteiger partial charge is 0.360 e. The van der Waals surface area contributed by atoms with Crippen LogP contribution >= 0.6 is 11.3 Å². The molecule has 1 unspecified atom stereocenters. The van der Waals surface area contributed by atoms with Gasteiger partial charge in [0.1, 0.15) is 16.8 Å². The van der Waals surface area contributed by atoms with E-state index in [0.717, 1.165) is 16.7 Å². The molecule has 4 rings (SSSR count). The number of hydrogen-bond donors (Lipinski definition) is 2. The number of nitrogens with one attached hydrogen (secondary N) is 1. The molecule has 9 heteroatoms. The van der Waals surface area contributed by atoms with Gasteiger partial charge in [-0.15, -0.1) is 11.3 Å². The summed E-state index contributed by atoms with van der Waals surface area (Å²) in [7, 11) is 0. The summed E-state index contributed by atoms with van der Waals surface area (Å²) in [6.07, 6.45) is -1.10. The van der Waals surface area contributed by atoms with E-state index in [1.54, 1.807) is 26.2 Å². The lowest BCUT2D eigenvalue weighted by Crippen LogP contribution is -2.38. The molecule has 2 N–H and O–H groups in total. The predicted molar refractivity (Wildman–Crippen MR) is 156 cm³/mol. The number of aliphatic carboxylic acids is 1. The van der Waals surface area contributed by atoms with Gasteiger partial charge < -0.3 is 20.0 Å². The average Bonchev–Trinajstić information content (AvgIpc) is 3.40. The molecule has 206 valence electrons. The van der Waals surface area contributed by atoms with E-state index >= 15 is 0 Å². The van der Waals surface area contributed by atoms with Gasteiger partial charge in [-0.1, -0.05) is 96.2 Å². The van der Waals surface area contributed by atoms with E-state index in [0.29, 0.717) is 5.13 Å². The maximum atomic E-state index is 12.3. The topological polar surface area (TPSA) is 110 Å². The van der Waals surface area contributed by atoms with Crippen molar-refractivity contribution in [2.75, 3.05) is 5.32 Å². The molecule has 4 aromatic rings. The van der Waals surface area contributed by atoms with Crippen molar-refractivity contribution in [2.24, 2.45) is 5.16 Å². The molecule has 0 aliphatic carbocycles. The minimum absolute atomic E-state index is 0.0967. The number of carboxylic acid groups (broad SMARTS) is 1. The quantitative estimate of drug-likeness (QED) is 0.105. The largest absolute Gasteiger partial charge is 0.476 e. The van der Waals surface area contributed by atoms with Crippen LogP contribution in [0.1, 0.15) is 50.1 Å². The number of benzene rings is 3. The monoisotopic (exact) mass is 557 g/mol. The van der Waals surface area contributed by atoms with Crippen LogP contribution < -0.4 is 5.32 Å². The van der Waals surface area contributed by atoms with Crippen molar-refractivity contribution in [2.45, 2.75) is 44.9 Å². The number of carbonyl (C=O) groups is 2. The zero-order valence-electron chi connectivity index (χ0n) is 22.7. The van der Waals surface area contributed by atoms with Crippen molar-refractivity contribution in [3.8, 4) is 0 Å². The molecule has 0 aliphatic rings. The highest BCUT2D eigenvalue weighted by Gasteiger charge is 2.37. The molecule has 0 fully saturated rings. The van der Waals surface area contributed by atoms with E-state index in [2.05, 4.69) is 15.5 Å². The molecule has 0 bridgehead atoms. The van der Waals surface area contributed by atoms with Gasteiger partial charge in [0.05, 0.1) is 0 Å². The lowest BCUT2D eigenvalue weighted by molar-refractivity contribution is -0.167. The number of aromatic nitrogens is 1. The van der Waals surface area contributed by atoms with Crippen LogP contribution in [0.2, 0.25) is 0 Å². The van der Waals surface area contributed by atoms with Crippen LogP contribution in [0.4, 0.5) is 5.13 Å². The Labute approximate surface area is 237 Å². The Morgan fingerprint density at radius 3 is 1.77 bits per heavy atom. The van der Waals surface area contributed by atoms with Gasteiger partial charge in [0.25, 0.3) is 0 Å². The summed E-state index contributed by atoms with van der Waals surface area (Å²) < 4.78 is 5.28. The SMILES string of the molecule is CC(O/N=C(/C(=O)O)c1csc(NC(c2ccccc2)(c2ccccc2)c2ccccc2)n1)C(=O)OC(C)(C)C. The number of hydrogen-bond acceptors (Lipinski definition) is 8. The number of rotatable bonds is 10. The van der Waals surface area contributed by atoms with E-state index in [4.69, 9.17) is 9.57 Å². The summed E-state index contributed by atoms with van der Waals surface area (Å²) in [5.74, 6) is -1.99. The molecular weight excluding hydrogens is 526 g/mol. The van der Waals surface area contributed by atoms with Crippen molar-refractivity contribution in [3.63, 3.8) is 0 Å². The maximum Gasteiger partial charge on any atom is 0.360 e. The van der Waals surface area contributed by atoms with Crippen LogP contribution in [0.3, 0.4) is 0 Å². The van der Waals surface area contributed by atoms with Gasteiger partial charge in [0.15, 0.2) is 5.13 Å². The fraction of sp³-hybridized carbons (Fsp3) is 0.226. The van der Waals surface area contributed by atoms with Gasteiger partial charge in [-0.05, 0) is 44.4 Å². The third-order valence-corrected chi connectivity index (χ3v) is 6.66. The second-order valence-electron chi connectivity index (χ2n) is 10.0. The number of ether oxygens (including phenoxy) is 1. The molecule has 0 saturated heterocycles. The molecule has 40 heavy (non-hydrogen) atoms. The lowest BCUT2D eigenvalue weighted by Gasteiger charge is -2.36. The summed E-state index contributed by atoms with van der Waals surface area (Å²) >= 11 is 1.24. The molecule has 1 heterocycles. The number of anilines is 1. The third-order valence-electron chi connectivity index (χ3n) is 5.91. The Kier molecular flexibility index (Phi) is 8.64. The van der Waals surface area contributed by atoms with Crippen molar-refractivity contribution in [1.29, 1.82) is 0 Å². The summed E-state index contributed by atoms with van der Waals surface area (Å²) in [4.78, 5) is 34.1. The first-order chi connectivity index (χ1) is 19.1. The van der Waals surface area contributed by atoms with Gasteiger partial charge in [-0.3, -0.25) is 0 Å². The Morgan fingerprint density at radius 1 is 0.875 bits per heavy atom. The predicted octanol–water partition coefficient (Wildman–Crippen LogP) is 6.08. The summed E-state index contributed by atoms with van der Waals surface area (Å²) in [6, 6.07) is 30.0. The average molecular weight is 558 g/mol. The number of thiazole rings is 1. The number of esters is 1. The summed E-state index contributed by atoms with van der Waals surface area (Å²) in [5, 5.41) is 19.3. The van der Waals surface area contributed by atoms with Crippen LogP contribution in [0.5, 0.6) is 0 Å². The molecule has 0 amide bonds. The first-order valence-electron chi connectivity index (χ1n) is 12.7. The third kappa shape index (κ3) is 6.55. The highest BCUT2D eigenvalue weighted by molar-refractivity contribution is 7.14. The van der Waals surface area contributed by atoms with Gasteiger partial charge >= 0.3 is 11.9 Å². The zero-order valence-corrected chi connectivity index (χ0v) is 23.5. The van der Waals surface area contributed by atoms with Crippen molar-refractivity contribution in [3.05, 3.63) is 119 Å². The lowest BCUT2D eigenvalue weighted by atomic mass is 9.77. The normalized spacial score (nSPS) is 12.8. The minimum atomic E-state index is -1.34. The molecule has 8 nitrogen and oxygen atoms in total. The fourth-order valence-electron chi connectivity index (χ4n) is 4.14. The minimum Gasteiger partial charge on any atom is -0.476 e. The molecule has 0 radical (unpaired) electrons. The number of carbonyl (C=O) groups excluding carboxylic acids is 1. The molecule has 3 aromatic carbocycles. The van der Waals surface area contributed by atoms with Gasteiger partial charge in [0, 0.05) is 5.38 Å². The van der Waals surface area contributed by atoms with E-state index in [1.807, 2.05) is 91.0 Å². The summed E-state index contributed by atoms with van der Waals surface area (Å²) in [6.45, 7) is 6.63. The first kappa shape index (κ1) is 28.5. The van der Waals surface area contributed by atoms with Crippen LogP contribution in [-0.2, 0) is 24.7 Å². The van der Waals surface area contributed by atoms with Crippen molar-refractivity contribution >= 4 is 34.1 Å². The maximum absolute atomic E-state index is 12.3. The Hall–Kier alpha value is -4.50. The van der Waals surface area contributed by atoms with Crippen LogP contribution in [0.25, 0.3) is 0 Å². The van der Waals surface area contributed by atoms with E-state index < -0.39 is 34.9 Å². The highest BCUT2D eigenvalue weighted by atomic mass is 32.1. The van der Waals surface area contributed by atoms with Gasteiger partial charge in [0.2, 0.25) is 11.8 Å². The molecule has 0 aliphatic heterocycles. The van der Waals surface area contributed by atoms with Gasteiger partial charge in [-0.25, -0.2) is 14.6 Å². The zero-order chi connectivity index (χ0) is 28.8. The number of nitrogens with zero attached hydrogens (tertiary/aromatic N) is 2. The number of carboxylic acids is 1. The van der Waals surface area contributed by atoms with E-state index in [1.165, 1.54) is 18.3 Å². The molecular formula is C31H31N3O5S. The second kappa shape index (κ2) is 12.1. The van der Waals surface area contributed by atoms with Gasteiger partial charge in [-0.2, -0.15) is 0 Å². The fourth-order valence-corrected chi connectivity index (χ4v) is 4.89. The number of oxime groups is 1. The van der Waals surface area contributed by atoms with Crippen LogP contribution in [0.15, 0.2) is 102 Å². The molecule has 0 saturated carbocycles. The van der Waals surface area contributed by atoms with E-state index in [-0.39, 0.29) is 5.69 Å². The Balaban J connectivity index is 1.72. The van der Waals surface area contributed by atoms with Crippen LogP contribution in [0, 0.1) is 0 Å². The highest BCUT2D eigenvalue weighted by Crippen LogP contribution is 2.40. The van der Waals surface area contributed by atoms with Crippen molar-refractivity contribution < 1.29 is 24.3 Å². The van der Waals surface area contributed by atoms with E-state index in [9.17, 15) is 14.7 Å².